The van der Waals surface area contributed by atoms with E-state index < -0.39 is 11.9 Å². The van der Waals surface area contributed by atoms with Gasteiger partial charge in [-0.15, -0.1) is 0 Å². The Morgan fingerprint density at radius 3 is 2.40 bits per heavy atom. The van der Waals surface area contributed by atoms with E-state index in [1.165, 1.54) is 19.2 Å². The summed E-state index contributed by atoms with van der Waals surface area (Å²) >= 11 is 0. The zero-order valence-corrected chi connectivity index (χ0v) is 9.54. The third-order valence-electron chi connectivity index (χ3n) is 2.31. The van der Waals surface area contributed by atoms with Gasteiger partial charge >= 0.3 is 0 Å². The minimum absolute atomic E-state index is 0.163. The Morgan fingerprint density at radius 1 is 1.33 bits per heavy atom. The molecule has 0 radical (unpaired) electrons. The maximum Gasteiger partial charge on any atom is 0.165 e. The van der Waals surface area contributed by atoms with E-state index >= 15 is 0 Å². The van der Waals surface area contributed by atoms with Gasteiger partial charge < -0.3 is 9.84 Å². The first-order chi connectivity index (χ1) is 6.86. The molecule has 0 aliphatic rings. The predicted molar refractivity (Wildman–Crippen MR) is 57.4 cm³/mol. The molecule has 1 rings (SSSR count). The van der Waals surface area contributed by atoms with E-state index in [2.05, 4.69) is 0 Å². The van der Waals surface area contributed by atoms with Gasteiger partial charge in [0.25, 0.3) is 0 Å². The molecule has 0 saturated carbocycles. The van der Waals surface area contributed by atoms with Gasteiger partial charge in [-0.3, -0.25) is 0 Å². The van der Waals surface area contributed by atoms with E-state index in [9.17, 15) is 9.50 Å². The second kappa shape index (κ2) is 4.19. The lowest BCUT2D eigenvalue weighted by atomic mass is 9.85. The normalized spacial score (nSPS) is 13.7. The summed E-state index contributed by atoms with van der Waals surface area (Å²) in [5, 5.41) is 9.99. The van der Waals surface area contributed by atoms with Gasteiger partial charge in [0.05, 0.1) is 13.2 Å². The van der Waals surface area contributed by atoms with Crippen molar-refractivity contribution in [2.45, 2.75) is 26.9 Å². The van der Waals surface area contributed by atoms with Crippen molar-refractivity contribution in [2.75, 3.05) is 7.11 Å². The third kappa shape index (κ3) is 2.69. The fourth-order valence-corrected chi connectivity index (χ4v) is 1.35. The fraction of sp³-hybridized carbons (Fsp3) is 0.500. The van der Waals surface area contributed by atoms with Crippen LogP contribution in [0.5, 0.6) is 5.75 Å². The van der Waals surface area contributed by atoms with Crippen molar-refractivity contribution in [1.82, 2.24) is 0 Å². The fourth-order valence-electron chi connectivity index (χ4n) is 1.35. The van der Waals surface area contributed by atoms with E-state index in [0.29, 0.717) is 5.56 Å². The zero-order valence-electron chi connectivity index (χ0n) is 9.54. The van der Waals surface area contributed by atoms with Crippen molar-refractivity contribution in [2.24, 2.45) is 5.41 Å². The first kappa shape index (κ1) is 12.0. The molecule has 3 heteroatoms. The molecule has 0 spiro atoms. The van der Waals surface area contributed by atoms with Crippen molar-refractivity contribution in [1.29, 1.82) is 0 Å². The number of aliphatic hydroxyl groups excluding tert-OH is 1. The van der Waals surface area contributed by atoms with E-state index in [4.69, 9.17) is 4.74 Å². The summed E-state index contributed by atoms with van der Waals surface area (Å²) in [5.41, 5.74) is 0.392. The van der Waals surface area contributed by atoms with Crippen LogP contribution in [0.25, 0.3) is 0 Å². The SMILES string of the molecule is COc1cc(C(O)C(C)(C)C)ccc1F. The standard InChI is InChI=1S/C12H17FO2/c1-12(2,3)11(14)8-5-6-9(13)10(7-8)15-4/h5-7,11,14H,1-4H3. The van der Waals surface area contributed by atoms with Crippen LogP contribution in [0.1, 0.15) is 32.4 Å². The topological polar surface area (TPSA) is 29.5 Å². The summed E-state index contributed by atoms with van der Waals surface area (Å²) in [7, 11) is 1.41. The summed E-state index contributed by atoms with van der Waals surface area (Å²) in [4.78, 5) is 0. The molecule has 0 fully saturated rings. The Bertz CT molecular complexity index is 342. The van der Waals surface area contributed by atoms with Gasteiger partial charge in [0.2, 0.25) is 0 Å². The highest BCUT2D eigenvalue weighted by molar-refractivity contribution is 5.32. The van der Waals surface area contributed by atoms with Gasteiger partial charge in [0.1, 0.15) is 0 Å². The second-order valence-corrected chi connectivity index (χ2v) is 4.66. The van der Waals surface area contributed by atoms with E-state index in [1.54, 1.807) is 6.07 Å². The average Bonchev–Trinajstić information content (AvgIpc) is 2.16. The highest BCUT2D eigenvalue weighted by Crippen LogP contribution is 2.34. The molecule has 0 bridgehead atoms. The molecule has 0 aliphatic carbocycles. The van der Waals surface area contributed by atoms with Crippen LogP contribution in [0.2, 0.25) is 0 Å². The highest BCUT2D eigenvalue weighted by atomic mass is 19.1. The molecule has 0 saturated heterocycles. The lowest BCUT2D eigenvalue weighted by Gasteiger charge is -2.26. The van der Waals surface area contributed by atoms with Crippen LogP contribution >= 0.6 is 0 Å². The van der Waals surface area contributed by atoms with Crippen LogP contribution in [0.15, 0.2) is 18.2 Å². The average molecular weight is 212 g/mol. The van der Waals surface area contributed by atoms with Gasteiger partial charge in [-0.1, -0.05) is 26.8 Å². The first-order valence-electron chi connectivity index (χ1n) is 4.87. The molecule has 84 valence electrons. The Balaban J connectivity index is 3.06. The minimum Gasteiger partial charge on any atom is -0.494 e. The number of methoxy groups -OCH3 is 1. The number of aliphatic hydroxyl groups is 1. The largest absolute Gasteiger partial charge is 0.494 e. The lowest BCUT2D eigenvalue weighted by Crippen LogP contribution is -2.17. The molecule has 0 aromatic heterocycles. The second-order valence-electron chi connectivity index (χ2n) is 4.66. The lowest BCUT2D eigenvalue weighted by molar-refractivity contribution is 0.0624. The number of benzene rings is 1. The van der Waals surface area contributed by atoms with Crippen molar-refractivity contribution in [3.63, 3.8) is 0 Å². The monoisotopic (exact) mass is 212 g/mol. The summed E-state index contributed by atoms with van der Waals surface area (Å²) < 4.78 is 18.0. The zero-order chi connectivity index (χ0) is 11.6. The summed E-state index contributed by atoms with van der Waals surface area (Å²) in [5.74, 6) is -0.252. The van der Waals surface area contributed by atoms with Crippen LogP contribution in [-0.4, -0.2) is 12.2 Å². The predicted octanol–water partition coefficient (Wildman–Crippen LogP) is 2.91. The van der Waals surface area contributed by atoms with Gasteiger partial charge in [-0.25, -0.2) is 4.39 Å². The summed E-state index contributed by atoms with van der Waals surface area (Å²) in [6.07, 6.45) is -0.632. The van der Waals surface area contributed by atoms with Gasteiger partial charge in [0.15, 0.2) is 11.6 Å². The smallest absolute Gasteiger partial charge is 0.165 e. The molecule has 0 heterocycles. The van der Waals surface area contributed by atoms with E-state index in [0.717, 1.165) is 0 Å². The molecule has 0 aliphatic heterocycles. The number of ether oxygens (including phenoxy) is 1. The maximum atomic E-state index is 13.1. The van der Waals surface area contributed by atoms with Crippen LogP contribution in [-0.2, 0) is 0 Å². The molecule has 1 aromatic carbocycles. The molecule has 1 atom stereocenters. The Labute approximate surface area is 89.7 Å². The Kier molecular flexibility index (Phi) is 3.35. The van der Waals surface area contributed by atoms with Crippen LogP contribution < -0.4 is 4.74 Å². The summed E-state index contributed by atoms with van der Waals surface area (Å²) in [6.45, 7) is 5.77. The van der Waals surface area contributed by atoms with Gasteiger partial charge in [-0.2, -0.15) is 0 Å². The minimum atomic E-state index is -0.632. The molecular formula is C12H17FO2. The van der Waals surface area contributed by atoms with Crippen LogP contribution in [0, 0.1) is 11.2 Å². The number of halogens is 1. The molecule has 1 aromatic rings. The van der Waals surface area contributed by atoms with Gasteiger partial charge in [-0.05, 0) is 23.1 Å². The molecule has 0 amide bonds. The number of rotatable bonds is 2. The van der Waals surface area contributed by atoms with Crippen molar-refractivity contribution in [3.8, 4) is 5.75 Å². The van der Waals surface area contributed by atoms with Crippen molar-refractivity contribution >= 4 is 0 Å². The Hall–Kier alpha value is -1.09. The van der Waals surface area contributed by atoms with E-state index in [1.807, 2.05) is 20.8 Å². The van der Waals surface area contributed by atoms with Crippen LogP contribution in [0.3, 0.4) is 0 Å². The Morgan fingerprint density at radius 2 is 1.93 bits per heavy atom. The molecular weight excluding hydrogens is 195 g/mol. The molecule has 2 nitrogen and oxygen atoms in total. The number of hydrogen-bond acceptors (Lipinski definition) is 2. The first-order valence-corrected chi connectivity index (χ1v) is 4.87. The van der Waals surface area contributed by atoms with E-state index in [-0.39, 0.29) is 11.2 Å². The molecule has 1 N–H and O–H groups in total. The summed E-state index contributed by atoms with van der Waals surface area (Å²) in [6, 6.07) is 4.42. The van der Waals surface area contributed by atoms with Crippen molar-refractivity contribution in [3.05, 3.63) is 29.6 Å². The number of hydrogen-bond donors (Lipinski definition) is 1. The van der Waals surface area contributed by atoms with Gasteiger partial charge in [0, 0.05) is 0 Å². The maximum absolute atomic E-state index is 13.1. The van der Waals surface area contributed by atoms with Crippen molar-refractivity contribution < 1.29 is 14.2 Å². The quantitative estimate of drug-likeness (QED) is 0.816. The molecule has 15 heavy (non-hydrogen) atoms. The molecule has 1 unspecified atom stereocenters. The van der Waals surface area contributed by atoms with Crippen LogP contribution in [0.4, 0.5) is 4.39 Å². The highest BCUT2D eigenvalue weighted by Gasteiger charge is 2.24. The third-order valence-corrected chi connectivity index (χ3v) is 2.31.